The molecule has 0 radical (unpaired) electrons. The molecule has 1 aromatic heterocycles. The van der Waals surface area contributed by atoms with Crippen LogP contribution in [0.3, 0.4) is 0 Å². The Labute approximate surface area is 105 Å². The van der Waals surface area contributed by atoms with Crippen LogP contribution in [-0.4, -0.2) is 5.78 Å². The fraction of sp³-hybridized carbons (Fsp3) is 0. The zero-order valence-electron chi connectivity index (χ0n) is 8.04. The molecule has 0 bridgehead atoms. The van der Waals surface area contributed by atoms with Gasteiger partial charge in [0, 0.05) is 16.3 Å². The van der Waals surface area contributed by atoms with Crippen molar-refractivity contribution in [2.45, 2.75) is 0 Å². The van der Waals surface area contributed by atoms with Crippen molar-refractivity contribution in [3.8, 4) is 0 Å². The second-order valence-electron chi connectivity index (χ2n) is 3.16. The molecule has 0 aliphatic carbocycles. The fourth-order valence-corrected chi connectivity index (χ4v) is 1.80. The maximum atomic E-state index is 12.0. The third-order valence-electron chi connectivity index (χ3n) is 2.06. The van der Waals surface area contributed by atoms with Crippen molar-refractivity contribution in [3.05, 3.63) is 51.3 Å². The molecule has 2 rings (SSSR count). The first-order chi connectivity index (χ1) is 7.58. The molecule has 0 unspecified atom stereocenters. The minimum atomic E-state index is -0.264. The van der Waals surface area contributed by atoms with Crippen LogP contribution in [0.1, 0.15) is 16.1 Å². The van der Waals surface area contributed by atoms with Crippen LogP contribution in [0.25, 0.3) is 0 Å². The molecular weight excluding hydrogens is 293 g/mol. The zero-order valence-corrected chi connectivity index (χ0v) is 10.4. The molecule has 3 nitrogen and oxygen atoms in total. The molecule has 0 amide bonds. The zero-order chi connectivity index (χ0) is 11.7. The van der Waals surface area contributed by atoms with Crippen LogP contribution in [0.5, 0.6) is 0 Å². The molecule has 0 saturated heterocycles. The average molecular weight is 301 g/mol. The van der Waals surface area contributed by atoms with Gasteiger partial charge in [0.05, 0.1) is 0 Å². The van der Waals surface area contributed by atoms with Crippen molar-refractivity contribution in [1.29, 1.82) is 0 Å². The summed E-state index contributed by atoms with van der Waals surface area (Å²) < 4.78 is 5.67. The molecule has 1 heterocycles. The third kappa shape index (κ3) is 2.13. The normalized spacial score (nSPS) is 10.4. The van der Waals surface area contributed by atoms with Gasteiger partial charge >= 0.3 is 0 Å². The second-order valence-corrected chi connectivity index (χ2v) is 4.38. The first-order valence-electron chi connectivity index (χ1n) is 4.43. The lowest BCUT2D eigenvalue weighted by Gasteiger charge is -2.02. The molecule has 0 aliphatic rings. The highest BCUT2D eigenvalue weighted by atomic mass is 79.9. The third-order valence-corrected chi connectivity index (χ3v) is 2.72. The Bertz CT molecular complexity index is 551. The van der Waals surface area contributed by atoms with Crippen molar-refractivity contribution in [3.63, 3.8) is 0 Å². The van der Waals surface area contributed by atoms with Crippen LogP contribution >= 0.6 is 27.5 Å². The van der Waals surface area contributed by atoms with Crippen LogP contribution in [0.2, 0.25) is 5.02 Å². The Kier molecular flexibility index (Phi) is 3.03. The van der Waals surface area contributed by atoms with Crippen LogP contribution in [0.15, 0.2) is 39.4 Å². The van der Waals surface area contributed by atoms with Crippen LogP contribution in [0.4, 0.5) is 5.69 Å². The van der Waals surface area contributed by atoms with E-state index < -0.39 is 0 Å². The number of ketones is 1. The Morgan fingerprint density at radius 3 is 2.62 bits per heavy atom. The number of hydrogen-bond acceptors (Lipinski definition) is 3. The number of furan rings is 1. The highest BCUT2D eigenvalue weighted by Gasteiger charge is 2.15. The van der Waals surface area contributed by atoms with Crippen molar-refractivity contribution in [1.82, 2.24) is 0 Å². The van der Waals surface area contributed by atoms with E-state index in [4.69, 9.17) is 21.8 Å². The maximum Gasteiger partial charge on any atom is 0.230 e. The van der Waals surface area contributed by atoms with Gasteiger partial charge in [-0.1, -0.05) is 11.6 Å². The van der Waals surface area contributed by atoms with Crippen LogP contribution < -0.4 is 5.73 Å². The summed E-state index contributed by atoms with van der Waals surface area (Å²) in [5, 5.41) is 0.495. The van der Waals surface area contributed by atoms with E-state index in [-0.39, 0.29) is 11.5 Å². The van der Waals surface area contributed by atoms with Crippen LogP contribution in [-0.2, 0) is 0 Å². The predicted molar refractivity (Wildman–Crippen MR) is 65.7 cm³/mol. The molecule has 2 aromatic rings. The van der Waals surface area contributed by atoms with E-state index in [9.17, 15) is 4.79 Å². The van der Waals surface area contributed by atoms with Crippen molar-refractivity contribution in [2.24, 2.45) is 0 Å². The Balaban J connectivity index is 2.41. The number of nitrogen functional groups attached to an aromatic ring is 1. The van der Waals surface area contributed by atoms with Crippen molar-refractivity contribution >= 4 is 39.0 Å². The van der Waals surface area contributed by atoms with E-state index in [2.05, 4.69) is 15.9 Å². The van der Waals surface area contributed by atoms with E-state index in [1.807, 2.05) is 0 Å². The fourth-order valence-electron chi connectivity index (χ4n) is 1.31. The number of halogens is 2. The van der Waals surface area contributed by atoms with E-state index in [1.165, 1.54) is 6.07 Å². The Morgan fingerprint density at radius 1 is 1.31 bits per heavy atom. The minimum absolute atomic E-state index is 0.237. The molecule has 0 saturated carbocycles. The van der Waals surface area contributed by atoms with Crippen molar-refractivity contribution in [2.75, 3.05) is 5.73 Å². The first-order valence-corrected chi connectivity index (χ1v) is 5.60. The number of rotatable bonds is 2. The largest absolute Gasteiger partial charge is 0.446 e. The smallest absolute Gasteiger partial charge is 0.230 e. The summed E-state index contributed by atoms with van der Waals surface area (Å²) in [6.07, 6.45) is 0. The molecule has 1 aromatic carbocycles. The standard InChI is InChI=1S/C11H7BrClNO2/c12-10-4-3-9(16-10)11(15)7-2-1-6(13)5-8(7)14/h1-5H,14H2. The molecule has 2 N–H and O–H groups in total. The van der Waals surface area contributed by atoms with Crippen molar-refractivity contribution < 1.29 is 9.21 Å². The molecule has 16 heavy (non-hydrogen) atoms. The number of anilines is 1. The van der Waals surface area contributed by atoms with Gasteiger partial charge in [-0.2, -0.15) is 0 Å². The van der Waals surface area contributed by atoms with Gasteiger partial charge in [-0.3, -0.25) is 4.79 Å². The second kappa shape index (κ2) is 4.31. The Hall–Kier alpha value is -1.26. The predicted octanol–water partition coefficient (Wildman–Crippen LogP) is 3.51. The molecular formula is C11H7BrClNO2. The lowest BCUT2D eigenvalue weighted by molar-refractivity contribution is 0.101. The van der Waals surface area contributed by atoms with Gasteiger partial charge in [0.25, 0.3) is 0 Å². The first kappa shape index (κ1) is 11.2. The quantitative estimate of drug-likeness (QED) is 0.682. The minimum Gasteiger partial charge on any atom is -0.446 e. The molecule has 5 heteroatoms. The molecule has 0 spiro atoms. The van der Waals surface area contributed by atoms with Crippen LogP contribution in [0, 0.1) is 0 Å². The highest BCUT2D eigenvalue weighted by molar-refractivity contribution is 9.10. The lowest BCUT2D eigenvalue weighted by atomic mass is 10.1. The summed E-state index contributed by atoms with van der Waals surface area (Å²) in [6.45, 7) is 0. The summed E-state index contributed by atoms with van der Waals surface area (Å²) in [5.41, 5.74) is 6.43. The van der Waals surface area contributed by atoms with Gasteiger partial charge in [0.1, 0.15) is 0 Å². The van der Waals surface area contributed by atoms with E-state index in [0.717, 1.165) is 0 Å². The number of nitrogens with two attached hydrogens (primary N) is 1. The number of carbonyl (C=O) groups excluding carboxylic acids is 1. The Morgan fingerprint density at radius 2 is 2.06 bits per heavy atom. The van der Waals surface area contributed by atoms with E-state index >= 15 is 0 Å². The van der Waals surface area contributed by atoms with Gasteiger partial charge < -0.3 is 10.2 Å². The van der Waals surface area contributed by atoms with E-state index in [0.29, 0.717) is 20.9 Å². The van der Waals surface area contributed by atoms with Gasteiger partial charge in [-0.05, 0) is 46.3 Å². The summed E-state index contributed by atoms with van der Waals surface area (Å²) >= 11 is 8.88. The number of benzene rings is 1. The maximum absolute atomic E-state index is 12.0. The summed E-state index contributed by atoms with van der Waals surface area (Å²) in [7, 11) is 0. The van der Waals surface area contributed by atoms with Gasteiger partial charge in [0.15, 0.2) is 10.4 Å². The topological polar surface area (TPSA) is 56.2 Å². The SMILES string of the molecule is Nc1cc(Cl)ccc1C(=O)c1ccc(Br)o1. The van der Waals surface area contributed by atoms with Gasteiger partial charge in [-0.25, -0.2) is 0 Å². The summed E-state index contributed by atoms with van der Waals surface area (Å²) in [5.74, 6) is -0.0271. The molecule has 82 valence electrons. The van der Waals surface area contributed by atoms with Gasteiger partial charge in [-0.15, -0.1) is 0 Å². The highest BCUT2D eigenvalue weighted by Crippen LogP contribution is 2.23. The monoisotopic (exact) mass is 299 g/mol. The summed E-state index contributed by atoms with van der Waals surface area (Å²) in [6, 6.07) is 7.96. The molecule has 0 fully saturated rings. The molecule has 0 atom stereocenters. The number of carbonyl (C=O) groups is 1. The lowest BCUT2D eigenvalue weighted by Crippen LogP contribution is -2.04. The van der Waals surface area contributed by atoms with Gasteiger partial charge in [0.2, 0.25) is 5.78 Å². The number of hydrogen-bond donors (Lipinski definition) is 1. The van der Waals surface area contributed by atoms with E-state index in [1.54, 1.807) is 24.3 Å². The average Bonchev–Trinajstić information content (AvgIpc) is 2.64. The molecule has 0 aliphatic heterocycles. The summed E-state index contributed by atoms with van der Waals surface area (Å²) in [4.78, 5) is 12.0.